The molecule has 1 heterocycles. The first-order valence-corrected chi connectivity index (χ1v) is 4.66. The molecular formula is C9H17NO. The van der Waals surface area contributed by atoms with E-state index in [9.17, 15) is 0 Å². The van der Waals surface area contributed by atoms with Gasteiger partial charge in [-0.05, 0) is 38.1 Å². The van der Waals surface area contributed by atoms with Crippen LogP contribution >= 0.6 is 0 Å². The summed E-state index contributed by atoms with van der Waals surface area (Å²) in [6.07, 6.45) is 5.78. The molecule has 2 fully saturated rings. The van der Waals surface area contributed by atoms with Crippen LogP contribution in [-0.2, 0) is 4.74 Å². The molecule has 1 N–H and O–H groups in total. The molecule has 0 bridgehead atoms. The Morgan fingerprint density at radius 2 is 2.18 bits per heavy atom. The van der Waals surface area contributed by atoms with Crippen LogP contribution in [0.1, 0.15) is 25.7 Å². The lowest BCUT2D eigenvalue weighted by Gasteiger charge is -2.30. The molecule has 0 aromatic rings. The average Bonchev–Trinajstić information content (AvgIpc) is 2.50. The van der Waals surface area contributed by atoms with Gasteiger partial charge in [0.1, 0.15) is 0 Å². The van der Waals surface area contributed by atoms with Crippen LogP contribution in [0.3, 0.4) is 0 Å². The van der Waals surface area contributed by atoms with Crippen molar-refractivity contribution in [2.45, 2.75) is 37.8 Å². The van der Waals surface area contributed by atoms with Gasteiger partial charge in [0.15, 0.2) is 0 Å². The molecule has 64 valence electrons. The molecule has 0 amide bonds. The summed E-state index contributed by atoms with van der Waals surface area (Å²) in [4.78, 5) is 0. The quantitative estimate of drug-likeness (QED) is 0.613. The third-order valence-electron chi connectivity index (χ3n) is 3.19. The lowest BCUT2D eigenvalue weighted by Crippen LogP contribution is -2.35. The van der Waals surface area contributed by atoms with E-state index in [4.69, 9.17) is 4.74 Å². The molecule has 0 aromatic carbocycles. The third kappa shape index (κ3) is 1.42. The molecule has 2 heteroatoms. The molecule has 0 radical (unpaired) electrons. The van der Waals surface area contributed by atoms with Crippen LogP contribution in [0.25, 0.3) is 0 Å². The van der Waals surface area contributed by atoms with Gasteiger partial charge in [-0.15, -0.1) is 0 Å². The number of methoxy groups -OCH3 is 1. The van der Waals surface area contributed by atoms with Crippen molar-refractivity contribution in [2.24, 2.45) is 5.92 Å². The summed E-state index contributed by atoms with van der Waals surface area (Å²) in [6, 6.07) is 0.821. The Morgan fingerprint density at radius 3 is 3.00 bits per heavy atom. The van der Waals surface area contributed by atoms with E-state index in [1.54, 1.807) is 0 Å². The summed E-state index contributed by atoms with van der Waals surface area (Å²) in [7, 11) is 1.84. The first-order valence-electron chi connectivity index (χ1n) is 4.66. The van der Waals surface area contributed by atoms with E-state index in [-0.39, 0.29) is 0 Å². The number of ether oxygens (including phenoxy) is 1. The fourth-order valence-corrected chi connectivity index (χ4v) is 2.48. The maximum Gasteiger partial charge on any atom is 0.0575 e. The molecule has 0 aromatic heterocycles. The van der Waals surface area contributed by atoms with Crippen molar-refractivity contribution in [3.8, 4) is 0 Å². The van der Waals surface area contributed by atoms with Crippen LogP contribution < -0.4 is 5.32 Å². The van der Waals surface area contributed by atoms with Crippen molar-refractivity contribution in [1.29, 1.82) is 0 Å². The monoisotopic (exact) mass is 155 g/mol. The molecule has 3 atom stereocenters. The fourth-order valence-electron chi connectivity index (χ4n) is 2.48. The van der Waals surface area contributed by atoms with Crippen molar-refractivity contribution >= 4 is 0 Å². The molecule has 3 unspecified atom stereocenters. The second kappa shape index (κ2) is 3.11. The summed E-state index contributed by atoms with van der Waals surface area (Å²) in [6.45, 7) is 1.23. The van der Waals surface area contributed by atoms with Gasteiger partial charge < -0.3 is 10.1 Å². The van der Waals surface area contributed by atoms with Crippen LogP contribution in [0, 0.1) is 5.92 Å². The number of rotatable bonds is 1. The van der Waals surface area contributed by atoms with Crippen LogP contribution in [0.2, 0.25) is 0 Å². The molecule has 1 aliphatic heterocycles. The minimum Gasteiger partial charge on any atom is -0.381 e. The average molecular weight is 155 g/mol. The second-order valence-electron chi connectivity index (χ2n) is 3.78. The minimum absolute atomic E-state index is 0.552. The zero-order valence-corrected chi connectivity index (χ0v) is 7.18. The van der Waals surface area contributed by atoms with Crippen molar-refractivity contribution in [2.75, 3.05) is 13.7 Å². The Labute approximate surface area is 68.3 Å². The maximum atomic E-state index is 5.37. The SMILES string of the molecule is COC1CCC2NCCC2C1. The molecule has 2 aliphatic rings. The Morgan fingerprint density at radius 1 is 1.27 bits per heavy atom. The highest BCUT2D eigenvalue weighted by Crippen LogP contribution is 2.31. The Bertz CT molecular complexity index is 138. The second-order valence-corrected chi connectivity index (χ2v) is 3.78. The smallest absolute Gasteiger partial charge is 0.0575 e. The highest BCUT2D eigenvalue weighted by atomic mass is 16.5. The molecular weight excluding hydrogens is 138 g/mol. The fraction of sp³-hybridized carbons (Fsp3) is 1.00. The third-order valence-corrected chi connectivity index (χ3v) is 3.19. The van der Waals surface area contributed by atoms with Crippen molar-refractivity contribution in [3.63, 3.8) is 0 Å². The van der Waals surface area contributed by atoms with Crippen molar-refractivity contribution in [3.05, 3.63) is 0 Å². The zero-order chi connectivity index (χ0) is 7.68. The standard InChI is InChI=1S/C9H17NO/c1-11-8-2-3-9-7(6-8)4-5-10-9/h7-10H,2-6H2,1H3. The Hall–Kier alpha value is -0.0800. The van der Waals surface area contributed by atoms with Gasteiger partial charge in [-0.3, -0.25) is 0 Å². The van der Waals surface area contributed by atoms with Gasteiger partial charge in [0.25, 0.3) is 0 Å². The van der Waals surface area contributed by atoms with Gasteiger partial charge in [0.2, 0.25) is 0 Å². The summed E-state index contributed by atoms with van der Waals surface area (Å²) in [5.41, 5.74) is 0. The number of fused-ring (bicyclic) bond motifs is 1. The summed E-state index contributed by atoms with van der Waals surface area (Å²) < 4.78 is 5.37. The zero-order valence-electron chi connectivity index (χ0n) is 7.18. The Balaban J connectivity index is 1.91. The first kappa shape index (κ1) is 7.56. The van der Waals surface area contributed by atoms with E-state index in [1.165, 1.54) is 32.2 Å². The summed E-state index contributed by atoms with van der Waals surface area (Å²) in [5.74, 6) is 0.911. The molecule has 11 heavy (non-hydrogen) atoms. The van der Waals surface area contributed by atoms with Crippen LogP contribution in [-0.4, -0.2) is 25.8 Å². The van der Waals surface area contributed by atoms with Crippen LogP contribution in [0.5, 0.6) is 0 Å². The molecule has 2 nitrogen and oxygen atoms in total. The lowest BCUT2D eigenvalue weighted by molar-refractivity contribution is 0.0469. The van der Waals surface area contributed by atoms with Gasteiger partial charge in [0, 0.05) is 13.2 Å². The van der Waals surface area contributed by atoms with Gasteiger partial charge >= 0.3 is 0 Å². The van der Waals surface area contributed by atoms with Gasteiger partial charge in [-0.2, -0.15) is 0 Å². The molecule has 1 aliphatic carbocycles. The van der Waals surface area contributed by atoms with E-state index in [0.29, 0.717) is 6.10 Å². The molecule has 1 saturated heterocycles. The predicted octanol–water partition coefficient (Wildman–Crippen LogP) is 1.16. The number of nitrogens with one attached hydrogen (secondary N) is 1. The van der Waals surface area contributed by atoms with E-state index in [2.05, 4.69) is 5.32 Å². The van der Waals surface area contributed by atoms with Crippen LogP contribution in [0.15, 0.2) is 0 Å². The largest absolute Gasteiger partial charge is 0.381 e. The molecule has 2 rings (SSSR count). The van der Waals surface area contributed by atoms with Gasteiger partial charge in [0.05, 0.1) is 6.10 Å². The van der Waals surface area contributed by atoms with E-state index >= 15 is 0 Å². The maximum absolute atomic E-state index is 5.37. The Kier molecular flexibility index (Phi) is 2.14. The number of hydrogen-bond acceptors (Lipinski definition) is 2. The minimum atomic E-state index is 0.552. The van der Waals surface area contributed by atoms with Crippen molar-refractivity contribution < 1.29 is 4.74 Å². The van der Waals surface area contributed by atoms with E-state index < -0.39 is 0 Å². The summed E-state index contributed by atoms with van der Waals surface area (Å²) in [5, 5.41) is 3.55. The molecule has 0 spiro atoms. The van der Waals surface area contributed by atoms with Gasteiger partial charge in [-0.25, -0.2) is 0 Å². The first-order chi connectivity index (χ1) is 5.40. The topological polar surface area (TPSA) is 21.3 Å². The normalized spacial score (nSPS) is 43.9. The van der Waals surface area contributed by atoms with Crippen molar-refractivity contribution in [1.82, 2.24) is 5.32 Å². The van der Waals surface area contributed by atoms with E-state index in [0.717, 1.165) is 12.0 Å². The highest BCUT2D eigenvalue weighted by molar-refractivity contribution is 4.89. The lowest BCUT2D eigenvalue weighted by atomic mass is 9.84. The summed E-state index contributed by atoms with van der Waals surface area (Å²) >= 11 is 0. The number of hydrogen-bond donors (Lipinski definition) is 1. The van der Waals surface area contributed by atoms with Crippen LogP contribution in [0.4, 0.5) is 0 Å². The van der Waals surface area contributed by atoms with E-state index in [1.807, 2.05) is 7.11 Å². The highest BCUT2D eigenvalue weighted by Gasteiger charge is 2.33. The van der Waals surface area contributed by atoms with Gasteiger partial charge in [-0.1, -0.05) is 0 Å². The molecule has 1 saturated carbocycles. The predicted molar refractivity (Wildman–Crippen MR) is 44.5 cm³/mol.